The molecule has 0 unspecified atom stereocenters. The lowest BCUT2D eigenvalue weighted by molar-refractivity contribution is -0.138. The molecular weight excluding hydrogens is 416 g/mol. The van der Waals surface area contributed by atoms with Crippen molar-refractivity contribution >= 4 is 23.8 Å². The summed E-state index contributed by atoms with van der Waals surface area (Å²) in [5, 5.41) is 18.2. The monoisotopic (exact) mass is 442 g/mol. The fourth-order valence-electron chi connectivity index (χ4n) is 3.09. The molecule has 0 aliphatic carbocycles. The van der Waals surface area contributed by atoms with Crippen LogP contribution >= 0.6 is 0 Å². The molecule has 2 aromatic rings. The maximum Gasteiger partial charge on any atom is 0.323 e. The Morgan fingerprint density at radius 2 is 1.06 bits per heavy atom. The van der Waals surface area contributed by atoms with Gasteiger partial charge in [-0.3, -0.25) is 29.1 Å². The van der Waals surface area contributed by atoms with Crippen molar-refractivity contribution in [1.29, 1.82) is 0 Å². The van der Waals surface area contributed by atoms with E-state index in [0.29, 0.717) is 25.7 Å². The maximum atomic E-state index is 12.5. The molecular formula is C22H26N4O6. The van der Waals surface area contributed by atoms with Gasteiger partial charge < -0.3 is 20.0 Å². The number of aliphatic carboxylic acids is 2. The lowest BCUT2D eigenvalue weighted by Crippen LogP contribution is -2.37. The van der Waals surface area contributed by atoms with Gasteiger partial charge in [0.05, 0.1) is 0 Å². The van der Waals surface area contributed by atoms with Crippen molar-refractivity contribution < 1.29 is 29.4 Å². The number of carbonyl (C=O) groups excluding carboxylic acids is 2. The number of hydrogen-bond acceptors (Lipinski definition) is 6. The van der Waals surface area contributed by atoms with Crippen molar-refractivity contribution in [2.24, 2.45) is 0 Å². The number of carbonyl (C=O) groups is 4. The smallest absolute Gasteiger partial charge is 0.323 e. The fraction of sp³-hybridized carbons (Fsp3) is 0.364. The third-order valence-electron chi connectivity index (χ3n) is 4.60. The number of pyridine rings is 2. The molecule has 170 valence electrons. The highest BCUT2D eigenvalue weighted by molar-refractivity contribution is 5.94. The van der Waals surface area contributed by atoms with Crippen LogP contribution in [0, 0.1) is 0 Å². The molecule has 0 fully saturated rings. The van der Waals surface area contributed by atoms with Crippen LogP contribution in [0.2, 0.25) is 0 Å². The van der Waals surface area contributed by atoms with Crippen molar-refractivity contribution in [3.8, 4) is 0 Å². The number of nitrogens with zero attached hydrogens (tertiary/aromatic N) is 4. The van der Waals surface area contributed by atoms with Crippen LogP contribution in [0.25, 0.3) is 0 Å². The van der Waals surface area contributed by atoms with Crippen LogP contribution in [0.4, 0.5) is 0 Å². The Kier molecular flexibility index (Phi) is 9.76. The Morgan fingerprint density at radius 1 is 0.656 bits per heavy atom. The largest absolute Gasteiger partial charge is 0.480 e. The van der Waals surface area contributed by atoms with E-state index in [1.165, 1.54) is 34.3 Å². The first kappa shape index (κ1) is 24.4. The Labute approximate surface area is 185 Å². The van der Waals surface area contributed by atoms with E-state index in [1.807, 2.05) is 0 Å². The Morgan fingerprint density at radius 3 is 1.38 bits per heavy atom. The van der Waals surface area contributed by atoms with Gasteiger partial charge in [0, 0.05) is 25.5 Å². The number of rotatable bonds is 13. The molecule has 10 heteroatoms. The third kappa shape index (κ3) is 8.13. The minimum atomic E-state index is -1.10. The summed E-state index contributed by atoms with van der Waals surface area (Å²) in [7, 11) is 0. The van der Waals surface area contributed by atoms with Crippen molar-refractivity contribution in [2.75, 3.05) is 26.2 Å². The second-order valence-corrected chi connectivity index (χ2v) is 7.09. The zero-order chi connectivity index (χ0) is 23.3. The molecule has 0 aliphatic rings. The SMILES string of the molecule is O=C(O)CN(CCCCCCN(CC(=O)O)C(=O)c1ccccn1)C(=O)c1ccccn1. The predicted molar refractivity (Wildman–Crippen MR) is 114 cm³/mol. The first-order valence-electron chi connectivity index (χ1n) is 10.2. The standard InChI is InChI=1S/C22H26N4O6/c27-19(28)15-25(21(31)17-9-3-5-11-23-17)13-7-1-2-8-14-26(16-20(29)30)22(32)18-10-4-6-12-24-18/h3-6,9-12H,1-2,7-8,13-16H2,(H,27,28)(H,29,30). The molecule has 0 spiro atoms. The van der Waals surface area contributed by atoms with E-state index in [0.717, 1.165) is 0 Å². The third-order valence-corrected chi connectivity index (χ3v) is 4.60. The summed E-state index contributed by atoms with van der Waals surface area (Å²) in [5.74, 6) is -3.10. The number of carboxylic acids is 2. The van der Waals surface area contributed by atoms with Gasteiger partial charge in [0.1, 0.15) is 24.5 Å². The Bertz CT molecular complexity index is 832. The molecule has 10 nitrogen and oxygen atoms in total. The Hall–Kier alpha value is -3.82. The summed E-state index contributed by atoms with van der Waals surface area (Å²) < 4.78 is 0. The van der Waals surface area contributed by atoms with Crippen LogP contribution in [-0.2, 0) is 9.59 Å². The summed E-state index contributed by atoms with van der Waals surface area (Å²) in [6.45, 7) is -0.318. The molecule has 0 radical (unpaired) electrons. The van der Waals surface area contributed by atoms with E-state index in [-0.39, 0.29) is 24.5 Å². The molecule has 2 rings (SSSR count). The van der Waals surface area contributed by atoms with E-state index in [9.17, 15) is 19.2 Å². The average molecular weight is 442 g/mol. The molecule has 0 saturated heterocycles. The highest BCUT2D eigenvalue weighted by Gasteiger charge is 2.20. The molecule has 2 heterocycles. The predicted octanol–water partition coefficient (Wildman–Crippen LogP) is 1.79. The molecule has 0 aromatic carbocycles. The topological polar surface area (TPSA) is 141 Å². The van der Waals surface area contributed by atoms with Crippen LogP contribution < -0.4 is 0 Å². The Balaban J connectivity index is 1.82. The molecule has 2 aromatic heterocycles. The van der Waals surface area contributed by atoms with Crippen LogP contribution in [0.5, 0.6) is 0 Å². The zero-order valence-electron chi connectivity index (χ0n) is 17.6. The molecule has 32 heavy (non-hydrogen) atoms. The lowest BCUT2D eigenvalue weighted by Gasteiger charge is -2.21. The first-order chi connectivity index (χ1) is 15.4. The summed E-state index contributed by atoms with van der Waals surface area (Å²) in [6, 6.07) is 9.73. The van der Waals surface area contributed by atoms with Gasteiger partial charge >= 0.3 is 11.9 Å². The summed E-state index contributed by atoms with van der Waals surface area (Å²) in [4.78, 5) is 57.7. The van der Waals surface area contributed by atoms with Crippen LogP contribution in [-0.4, -0.2) is 79.9 Å². The molecule has 0 bridgehead atoms. The fourth-order valence-corrected chi connectivity index (χ4v) is 3.09. The van der Waals surface area contributed by atoms with E-state index in [1.54, 1.807) is 24.3 Å². The summed E-state index contributed by atoms with van der Waals surface area (Å²) >= 11 is 0. The van der Waals surface area contributed by atoms with E-state index in [2.05, 4.69) is 9.97 Å². The van der Waals surface area contributed by atoms with Gasteiger partial charge in [-0.2, -0.15) is 0 Å². The molecule has 0 aliphatic heterocycles. The van der Waals surface area contributed by atoms with Gasteiger partial charge in [-0.15, -0.1) is 0 Å². The molecule has 2 amide bonds. The van der Waals surface area contributed by atoms with E-state index in [4.69, 9.17) is 10.2 Å². The zero-order valence-corrected chi connectivity index (χ0v) is 17.6. The number of unbranched alkanes of at least 4 members (excludes halogenated alkanes) is 3. The minimum Gasteiger partial charge on any atom is -0.480 e. The number of carboxylic acid groups (broad SMARTS) is 2. The van der Waals surface area contributed by atoms with Gasteiger partial charge in [-0.05, 0) is 37.1 Å². The molecule has 2 N–H and O–H groups in total. The van der Waals surface area contributed by atoms with E-state index < -0.39 is 36.8 Å². The molecule has 0 saturated carbocycles. The van der Waals surface area contributed by atoms with Gasteiger partial charge in [0.15, 0.2) is 0 Å². The van der Waals surface area contributed by atoms with E-state index >= 15 is 0 Å². The van der Waals surface area contributed by atoms with Gasteiger partial charge in [-0.25, -0.2) is 0 Å². The lowest BCUT2D eigenvalue weighted by atomic mass is 10.1. The molecule has 0 atom stereocenters. The average Bonchev–Trinajstić information content (AvgIpc) is 2.79. The first-order valence-corrected chi connectivity index (χ1v) is 10.2. The quantitative estimate of drug-likeness (QED) is 0.447. The van der Waals surface area contributed by atoms with Crippen LogP contribution in [0.15, 0.2) is 48.8 Å². The van der Waals surface area contributed by atoms with Crippen LogP contribution in [0.3, 0.4) is 0 Å². The normalized spacial score (nSPS) is 10.4. The minimum absolute atomic E-state index is 0.186. The van der Waals surface area contributed by atoms with Crippen molar-refractivity contribution in [3.63, 3.8) is 0 Å². The van der Waals surface area contributed by atoms with Crippen molar-refractivity contribution in [3.05, 3.63) is 60.2 Å². The highest BCUT2D eigenvalue weighted by Crippen LogP contribution is 2.09. The van der Waals surface area contributed by atoms with Gasteiger partial charge in [0.2, 0.25) is 0 Å². The number of amides is 2. The van der Waals surface area contributed by atoms with Crippen molar-refractivity contribution in [2.45, 2.75) is 25.7 Å². The number of hydrogen-bond donors (Lipinski definition) is 2. The van der Waals surface area contributed by atoms with Crippen molar-refractivity contribution in [1.82, 2.24) is 19.8 Å². The summed E-state index contributed by atoms with van der Waals surface area (Å²) in [5.41, 5.74) is 0.372. The second kappa shape index (κ2) is 12.8. The van der Waals surface area contributed by atoms with Crippen LogP contribution in [0.1, 0.15) is 46.7 Å². The highest BCUT2D eigenvalue weighted by atomic mass is 16.4. The van der Waals surface area contributed by atoms with Gasteiger partial charge in [-0.1, -0.05) is 25.0 Å². The van der Waals surface area contributed by atoms with Gasteiger partial charge in [0.25, 0.3) is 11.8 Å². The summed E-state index contributed by atoms with van der Waals surface area (Å²) in [6.07, 6.45) is 5.45. The maximum absolute atomic E-state index is 12.5. The second-order valence-electron chi connectivity index (χ2n) is 7.09. The number of aromatic nitrogens is 2.